The third-order valence-corrected chi connectivity index (χ3v) is 5.57. The lowest BCUT2D eigenvalue weighted by Gasteiger charge is -2.43. The molecule has 0 spiro atoms. The summed E-state index contributed by atoms with van der Waals surface area (Å²) in [6.07, 6.45) is 7.05. The smallest absolute Gasteiger partial charge is 0.0138 e. The third kappa shape index (κ3) is 1.81. The Kier molecular flexibility index (Phi) is 3.30. The fourth-order valence-corrected chi connectivity index (χ4v) is 4.85. The van der Waals surface area contributed by atoms with Crippen molar-refractivity contribution in [2.24, 2.45) is 23.2 Å². The SMILES string of the molecule is CC(C)[C@H]1CC[C@H]2/C(=C/Br)CCC[C@]12C. The molecule has 0 saturated heterocycles. The first-order chi connectivity index (χ1) is 7.09. The molecule has 0 nitrogen and oxygen atoms in total. The van der Waals surface area contributed by atoms with Crippen LogP contribution >= 0.6 is 15.9 Å². The van der Waals surface area contributed by atoms with E-state index >= 15 is 0 Å². The van der Waals surface area contributed by atoms with Crippen LogP contribution in [-0.4, -0.2) is 0 Å². The predicted octanol–water partition coefficient (Wildman–Crippen LogP) is 5.14. The summed E-state index contributed by atoms with van der Waals surface area (Å²) in [5.41, 5.74) is 2.29. The van der Waals surface area contributed by atoms with Crippen molar-refractivity contribution < 1.29 is 0 Å². The minimum absolute atomic E-state index is 0.603. The summed E-state index contributed by atoms with van der Waals surface area (Å²) < 4.78 is 0. The van der Waals surface area contributed by atoms with Crippen molar-refractivity contribution in [3.05, 3.63) is 10.6 Å². The lowest BCUT2D eigenvalue weighted by molar-refractivity contribution is 0.104. The lowest BCUT2D eigenvalue weighted by atomic mass is 9.62. The van der Waals surface area contributed by atoms with Gasteiger partial charge in [-0.1, -0.05) is 42.3 Å². The topological polar surface area (TPSA) is 0 Å². The fourth-order valence-electron chi connectivity index (χ4n) is 4.31. The van der Waals surface area contributed by atoms with Crippen LogP contribution in [0.4, 0.5) is 0 Å². The summed E-state index contributed by atoms with van der Waals surface area (Å²) in [6, 6.07) is 0. The van der Waals surface area contributed by atoms with E-state index in [0.29, 0.717) is 5.41 Å². The molecule has 2 rings (SSSR count). The van der Waals surface area contributed by atoms with Gasteiger partial charge in [0, 0.05) is 0 Å². The van der Waals surface area contributed by atoms with Crippen molar-refractivity contribution in [3.8, 4) is 0 Å². The number of rotatable bonds is 1. The van der Waals surface area contributed by atoms with E-state index in [2.05, 4.69) is 41.7 Å². The molecule has 0 aromatic heterocycles. The minimum atomic E-state index is 0.603. The monoisotopic (exact) mass is 270 g/mol. The van der Waals surface area contributed by atoms with Gasteiger partial charge in [-0.2, -0.15) is 0 Å². The molecule has 1 heteroatoms. The molecule has 0 N–H and O–H groups in total. The van der Waals surface area contributed by atoms with Crippen LogP contribution < -0.4 is 0 Å². The first kappa shape index (κ1) is 11.7. The maximum Gasteiger partial charge on any atom is -0.0138 e. The highest BCUT2D eigenvalue weighted by molar-refractivity contribution is 9.11. The first-order valence-electron chi connectivity index (χ1n) is 6.38. The average molecular weight is 271 g/mol. The average Bonchev–Trinajstić information content (AvgIpc) is 2.54. The molecule has 2 aliphatic carbocycles. The van der Waals surface area contributed by atoms with Gasteiger partial charge in [0.05, 0.1) is 0 Å². The molecule has 0 radical (unpaired) electrons. The van der Waals surface area contributed by atoms with E-state index < -0.39 is 0 Å². The summed E-state index contributed by atoms with van der Waals surface area (Å²) in [6.45, 7) is 7.36. The molecule has 3 atom stereocenters. The second kappa shape index (κ2) is 4.24. The Morgan fingerprint density at radius 2 is 2.13 bits per heavy atom. The Labute approximate surface area is 103 Å². The lowest BCUT2D eigenvalue weighted by Crippen LogP contribution is -2.35. The number of hydrogen-bond acceptors (Lipinski definition) is 0. The highest BCUT2D eigenvalue weighted by Gasteiger charge is 2.49. The van der Waals surface area contributed by atoms with E-state index in [1.807, 2.05) is 0 Å². The van der Waals surface area contributed by atoms with Crippen molar-refractivity contribution >= 4 is 15.9 Å². The van der Waals surface area contributed by atoms with Gasteiger partial charge in [-0.25, -0.2) is 0 Å². The van der Waals surface area contributed by atoms with Gasteiger partial charge in [0.2, 0.25) is 0 Å². The number of halogens is 1. The third-order valence-electron chi connectivity index (χ3n) is 4.98. The van der Waals surface area contributed by atoms with Crippen LogP contribution in [0.15, 0.2) is 10.6 Å². The maximum absolute atomic E-state index is 3.57. The molecule has 2 saturated carbocycles. The normalized spacial score (nSPS) is 43.7. The molecule has 86 valence electrons. The molecule has 0 unspecified atom stereocenters. The Bertz CT molecular complexity index is 267. The van der Waals surface area contributed by atoms with Gasteiger partial charge in [-0.05, 0) is 60.3 Å². The van der Waals surface area contributed by atoms with Crippen molar-refractivity contribution in [2.75, 3.05) is 0 Å². The van der Waals surface area contributed by atoms with Crippen LogP contribution in [0.3, 0.4) is 0 Å². The van der Waals surface area contributed by atoms with Crippen LogP contribution in [0.5, 0.6) is 0 Å². The molecule has 0 aliphatic heterocycles. The zero-order valence-corrected chi connectivity index (χ0v) is 11.8. The van der Waals surface area contributed by atoms with Gasteiger partial charge in [0.15, 0.2) is 0 Å². The molecule has 2 fully saturated rings. The Morgan fingerprint density at radius 3 is 2.73 bits per heavy atom. The highest BCUT2D eigenvalue weighted by atomic mass is 79.9. The van der Waals surface area contributed by atoms with Crippen molar-refractivity contribution in [1.29, 1.82) is 0 Å². The molecule has 15 heavy (non-hydrogen) atoms. The summed E-state index contributed by atoms with van der Waals surface area (Å²) in [5.74, 6) is 2.68. The standard InChI is InChI=1S/C14H23Br/c1-10(2)12-6-7-13-11(9-15)5-4-8-14(12,13)3/h9-10,12-13H,4-8H2,1-3H3/b11-9+/t12-,13+,14-/m1/s1. The van der Waals surface area contributed by atoms with E-state index in [0.717, 1.165) is 17.8 Å². The number of hydrogen-bond donors (Lipinski definition) is 0. The Hall–Kier alpha value is 0.220. The maximum atomic E-state index is 3.57. The molecule has 0 aromatic rings. The predicted molar refractivity (Wildman–Crippen MR) is 70.0 cm³/mol. The quantitative estimate of drug-likeness (QED) is 0.619. The van der Waals surface area contributed by atoms with Gasteiger partial charge >= 0.3 is 0 Å². The molecule has 0 amide bonds. The largest absolute Gasteiger partial charge is 0.0625 e. The number of allylic oxidation sites excluding steroid dienone is 1. The van der Waals surface area contributed by atoms with Gasteiger partial charge in [-0.3, -0.25) is 0 Å². The van der Waals surface area contributed by atoms with Crippen molar-refractivity contribution in [2.45, 2.75) is 52.9 Å². The molecular weight excluding hydrogens is 248 g/mol. The molecular formula is C14H23Br. The van der Waals surface area contributed by atoms with E-state index in [9.17, 15) is 0 Å². The Morgan fingerprint density at radius 1 is 1.40 bits per heavy atom. The van der Waals surface area contributed by atoms with Gasteiger partial charge in [0.1, 0.15) is 0 Å². The zero-order chi connectivity index (χ0) is 11.1. The van der Waals surface area contributed by atoms with Crippen LogP contribution in [0.25, 0.3) is 0 Å². The second-order valence-electron chi connectivity index (χ2n) is 6.02. The fraction of sp³-hybridized carbons (Fsp3) is 0.857. The van der Waals surface area contributed by atoms with Crippen LogP contribution in [0.2, 0.25) is 0 Å². The second-order valence-corrected chi connectivity index (χ2v) is 6.48. The summed E-state index contributed by atoms with van der Waals surface area (Å²) in [7, 11) is 0. The molecule has 2 aliphatic rings. The van der Waals surface area contributed by atoms with E-state index in [-0.39, 0.29) is 0 Å². The Balaban J connectivity index is 2.27. The first-order valence-corrected chi connectivity index (χ1v) is 7.30. The molecule has 0 aromatic carbocycles. The summed E-state index contributed by atoms with van der Waals surface area (Å²) in [4.78, 5) is 2.22. The van der Waals surface area contributed by atoms with Crippen LogP contribution in [0.1, 0.15) is 52.9 Å². The van der Waals surface area contributed by atoms with E-state index in [1.54, 1.807) is 5.57 Å². The van der Waals surface area contributed by atoms with Crippen LogP contribution in [-0.2, 0) is 0 Å². The van der Waals surface area contributed by atoms with Gasteiger partial charge in [-0.15, -0.1) is 0 Å². The summed E-state index contributed by atoms with van der Waals surface area (Å²) >= 11 is 3.57. The van der Waals surface area contributed by atoms with Crippen molar-refractivity contribution in [1.82, 2.24) is 0 Å². The van der Waals surface area contributed by atoms with Crippen LogP contribution in [0, 0.1) is 23.2 Å². The highest BCUT2D eigenvalue weighted by Crippen LogP contribution is 2.59. The van der Waals surface area contributed by atoms with Crippen molar-refractivity contribution in [3.63, 3.8) is 0 Å². The van der Waals surface area contributed by atoms with E-state index in [1.165, 1.54) is 32.1 Å². The molecule has 0 bridgehead atoms. The zero-order valence-electron chi connectivity index (χ0n) is 10.2. The number of fused-ring (bicyclic) bond motifs is 1. The van der Waals surface area contributed by atoms with Gasteiger partial charge in [0.25, 0.3) is 0 Å². The minimum Gasteiger partial charge on any atom is -0.0625 e. The molecule has 0 heterocycles. The van der Waals surface area contributed by atoms with E-state index in [4.69, 9.17) is 0 Å². The van der Waals surface area contributed by atoms with Gasteiger partial charge < -0.3 is 0 Å². The summed E-state index contributed by atoms with van der Waals surface area (Å²) in [5, 5.41) is 0.